The van der Waals surface area contributed by atoms with Crippen LogP contribution in [0.1, 0.15) is 168 Å². The molecule has 0 saturated carbocycles. The zero-order chi connectivity index (χ0) is 47.9. The highest BCUT2D eigenvalue weighted by atomic mass is 32.1. The monoisotopic (exact) mass is 1020 g/mol. The van der Waals surface area contributed by atoms with E-state index in [0.717, 1.165) is 46.2 Å². The van der Waals surface area contributed by atoms with Crippen molar-refractivity contribution in [1.82, 2.24) is 0 Å². The summed E-state index contributed by atoms with van der Waals surface area (Å²) in [5.74, 6) is 2.98. The molecule has 2 N–H and O–H groups in total. The third-order valence-electron chi connectivity index (χ3n) is 16.4. The number of fused-ring (bicyclic) bond motifs is 6. The zero-order valence-electron chi connectivity index (χ0n) is 42.6. The van der Waals surface area contributed by atoms with Crippen LogP contribution < -0.4 is 26.5 Å². The fraction of sp³-hybridized carbons (Fsp3) is 0.552. The van der Waals surface area contributed by atoms with Gasteiger partial charge in [0.2, 0.25) is 0 Å². The average molecular weight is 1020 g/mol. The number of thiophene rings is 4. The van der Waals surface area contributed by atoms with Gasteiger partial charge in [0.05, 0.1) is 5.69 Å². The molecule has 7 rings (SSSR count). The number of rotatable bonds is 29. The lowest BCUT2D eigenvalue weighted by atomic mass is 10.0. The molecule has 0 aliphatic carbocycles. The Balaban J connectivity index is 1.36. The van der Waals surface area contributed by atoms with Crippen molar-refractivity contribution in [3.63, 3.8) is 0 Å². The lowest BCUT2D eigenvalue weighted by Gasteiger charge is -2.35. The van der Waals surface area contributed by atoms with Crippen LogP contribution in [0.3, 0.4) is 0 Å². The largest absolute Gasteiger partial charge is 0.396 e. The number of nitrogens with zero attached hydrogens (tertiary/aromatic N) is 1. The van der Waals surface area contributed by atoms with E-state index in [1.54, 1.807) is 20.7 Å². The molecule has 0 saturated heterocycles. The van der Waals surface area contributed by atoms with Gasteiger partial charge in [0.25, 0.3) is 0 Å². The first kappa shape index (κ1) is 52.6. The maximum Gasteiger partial charge on any atom is 0.122 e. The Morgan fingerprint density at radius 1 is 0.522 bits per heavy atom. The van der Waals surface area contributed by atoms with Crippen molar-refractivity contribution in [2.45, 2.75) is 182 Å². The molecule has 9 heteroatoms. The van der Waals surface area contributed by atoms with Gasteiger partial charge in [0, 0.05) is 62.6 Å². The molecular weight excluding hydrogens is 941 g/mol. The SMILES string of the molecule is C=Cc1cc2c(s1)-c1sc(-c3ccc(-c4cc5c(s4)-c4sc(C=C)cc4[Si]5(CC(CC)CCCC)CC(CC)CCCC)c(N=S)c3N)cc1[Si]2(CC(CC)CCCC)CC(CC)CCCC. The third kappa shape index (κ3) is 10.4. The van der Waals surface area contributed by atoms with Gasteiger partial charge < -0.3 is 5.73 Å². The van der Waals surface area contributed by atoms with Crippen LogP contribution in [0.4, 0.5) is 11.4 Å². The Morgan fingerprint density at radius 2 is 0.851 bits per heavy atom. The molecule has 0 amide bonds. The molecule has 67 heavy (non-hydrogen) atoms. The van der Waals surface area contributed by atoms with E-state index in [0.29, 0.717) is 0 Å². The summed E-state index contributed by atoms with van der Waals surface area (Å²) >= 11 is 13.7. The average Bonchev–Trinajstić information content (AvgIpc) is 4.21. The van der Waals surface area contributed by atoms with Crippen molar-refractivity contribution in [3.05, 3.63) is 59.3 Å². The van der Waals surface area contributed by atoms with Crippen molar-refractivity contribution in [2.24, 2.45) is 28.0 Å². The van der Waals surface area contributed by atoms with Gasteiger partial charge in [0.15, 0.2) is 0 Å². The van der Waals surface area contributed by atoms with Crippen molar-refractivity contribution < 1.29 is 0 Å². The van der Waals surface area contributed by atoms with E-state index in [2.05, 4.69) is 121 Å². The van der Waals surface area contributed by atoms with Crippen molar-refractivity contribution in [2.75, 3.05) is 5.73 Å². The van der Waals surface area contributed by atoms with Gasteiger partial charge in [-0.2, -0.15) is 4.36 Å². The molecule has 5 aromatic rings. The molecule has 0 radical (unpaired) electrons. The van der Waals surface area contributed by atoms with Crippen molar-refractivity contribution in [1.29, 1.82) is 0 Å². The molecule has 0 spiro atoms. The lowest BCUT2D eigenvalue weighted by molar-refractivity contribution is 0.469. The predicted octanol–water partition coefficient (Wildman–Crippen LogP) is 18.4. The first-order valence-electron chi connectivity index (χ1n) is 26.7. The Morgan fingerprint density at radius 3 is 1.18 bits per heavy atom. The maximum atomic E-state index is 7.44. The summed E-state index contributed by atoms with van der Waals surface area (Å²) in [5, 5.41) is 6.78. The van der Waals surface area contributed by atoms with Gasteiger partial charge in [-0.3, -0.25) is 0 Å². The van der Waals surface area contributed by atoms with Gasteiger partial charge in [-0.1, -0.05) is 196 Å². The van der Waals surface area contributed by atoms with E-state index in [-0.39, 0.29) is 0 Å². The van der Waals surface area contributed by atoms with Crippen LogP contribution in [-0.2, 0) is 12.4 Å². The quantitative estimate of drug-likeness (QED) is 0.0383. The summed E-state index contributed by atoms with van der Waals surface area (Å²) in [6.07, 6.45) is 24.9. The van der Waals surface area contributed by atoms with Crippen LogP contribution >= 0.6 is 45.3 Å². The number of benzene rings is 1. The molecule has 4 aromatic heterocycles. The fourth-order valence-corrected chi connectivity index (χ4v) is 33.2. The Labute approximate surface area is 430 Å². The minimum atomic E-state index is -2.16. The van der Waals surface area contributed by atoms with Gasteiger partial charge in [-0.25, -0.2) is 0 Å². The first-order valence-corrected chi connectivity index (χ1v) is 35.1. The molecule has 0 fully saturated rings. The van der Waals surface area contributed by atoms with Crippen LogP contribution in [0, 0.1) is 23.7 Å². The second-order valence-electron chi connectivity index (χ2n) is 20.6. The van der Waals surface area contributed by atoms with Gasteiger partial charge in [-0.15, -0.1) is 45.3 Å². The molecule has 6 heterocycles. The maximum absolute atomic E-state index is 7.44. The lowest BCUT2D eigenvalue weighted by Crippen LogP contribution is -2.56. The number of nitrogens with two attached hydrogens (primary N) is 1. The van der Waals surface area contributed by atoms with E-state index in [9.17, 15) is 0 Å². The van der Waals surface area contributed by atoms with Crippen LogP contribution in [-0.4, -0.2) is 16.1 Å². The van der Waals surface area contributed by atoms with E-state index < -0.39 is 16.1 Å². The summed E-state index contributed by atoms with van der Waals surface area (Å²) in [4.78, 5) is 11.3. The minimum absolute atomic E-state index is 0.737. The van der Waals surface area contributed by atoms with E-state index >= 15 is 0 Å². The smallest absolute Gasteiger partial charge is 0.122 e. The molecule has 2 aliphatic rings. The fourth-order valence-electron chi connectivity index (χ4n) is 12.4. The summed E-state index contributed by atoms with van der Waals surface area (Å²) in [6.45, 7) is 27.8. The highest BCUT2D eigenvalue weighted by molar-refractivity contribution is 7.47. The molecule has 2 aliphatic heterocycles. The second kappa shape index (κ2) is 23.8. The van der Waals surface area contributed by atoms with Gasteiger partial charge >= 0.3 is 0 Å². The zero-order valence-corrected chi connectivity index (χ0v) is 48.6. The van der Waals surface area contributed by atoms with Gasteiger partial charge in [-0.05, 0) is 92.9 Å². The number of anilines is 1. The summed E-state index contributed by atoms with van der Waals surface area (Å²) < 4.78 is 4.67. The molecule has 362 valence electrons. The van der Waals surface area contributed by atoms with Crippen LogP contribution in [0.5, 0.6) is 0 Å². The van der Waals surface area contributed by atoms with Crippen molar-refractivity contribution in [3.8, 4) is 40.4 Å². The second-order valence-corrected chi connectivity index (χ2v) is 33.1. The number of hydrogen-bond donors (Lipinski definition) is 1. The van der Waals surface area contributed by atoms with Crippen molar-refractivity contribution >= 4 is 118 Å². The Kier molecular flexibility index (Phi) is 18.7. The van der Waals surface area contributed by atoms with Gasteiger partial charge in [0.1, 0.15) is 21.8 Å². The first-order chi connectivity index (χ1) is 32.6. The minimum Gasteiger partial charge on any atom is -0.396 e. The summed E-state index contributed by atoms with van der Waals surface area (Å²) in [5.41, 5.74) is 11.2. The Bertz CT molecular complexity index is 2430. The van der Waals surface area contributed by atoms with Crippen LogP contribution in [0.25, 0.3) is 52.5 Å². The van der Waals surface area contributed by atoms with E-state index in [1.165, 1.54) is 166 Å². The summed E-state index contributed by atoms with van der Waals surface area (Å²) in [6, 6.07) is 20.5. The normalized spacial score (nSPS) is 18.9. The number of nitrogen functional groups attached to an aromatic ring is 1. The Hall–Kier alpha value is -2.25. The number of hydrogen-bond acceptors (Lipinski definition) is 7. The molecule has 4 unspecified atom stereocenters. The van der Waals surface area contributed by atoms with E-state index in [1.807, 2.05) is 45.3 Å². The van der Waals surface area contributed by atoms with Crippen LogP contribution in [0.15, 0.2) is 53.9 Å². The molecule has 4 atom stereocenters. The highest BCUT2D eigenvalue weighted by Gasteiger charge is 2.51. The molecule has 2 nitrogen and oxygen atoms in total. The molecule has 1 aromatic carbocycles. The molecular formula is C58H82N2S5Si2. The summed E-state index contributed by atoms with van der Waals surface area (Å²) in [7, 11) is -4.31. The van der Waals surface area contributed by atoms with E-state index in [4.69, 9.17) is 18.2 Å². The highest BCUT2D eigenvalue weighted by Crippen LogP contribution is 2.53. The topological polar surface area (TPSA) is 38.4 Å². The third-order valence-corrected chi connectivity index (χ3v) is 33.0. The number of unbranched alkanes of at least 4 members (excludes halogenated alkanes) is 4. The van der Waals surface area contributed by atoms with Crippen LogP contribution in [0.2, 0.25) is 24.2 Å². The standard InChI is InChI=1S/C58H82N2S5Si2/c1-11-21-25-39(15-5)35-66(36-40(16-6)26-22-12-2)49-31-43(19-9)62-55(49)57-51(66)33-47(64-57)45-29-30-46(54(60-61)53(45)59)48-34-52-58(65-48)56-50(32-44(20-10)63-56)67(52,37-41(17-7)27-23-13-3)38-42(18-8)28-24-14-4/h19-20,29-34,39-42H,9-18,21-28,35-38,59H2,1-8H3. The molecule has 0 bridgehead atoms. The predicted molar refractivity (Wildman–Crippen MR) is 316 cm³/mol.